The number of amides is 2. The maximum atomic E-state index is 13.4. The predicted molar refractivity (Wildman–Crippen MR) is 128 cm³/mol. The van der Waals surface area contributed by atoms with Crippen LogP contribution in [0.1, 0.15) is 39.3 Å². The number of carbonyl (C=O) groups excluding carboxylic acids is 1. The first kappa shape index (κ1) is 23.9. The molecule has 3 atom stereocenters. The maximum absolute atomic E-state index is 13.4. The summed E-state index contributed by atoms with van der Waals surface area (Å²) >= 11 is 0. The van der Waals surface area contributed by atoms with Gasteiger partial charge in [0, 0.05) is 32.5 Å². The lowest BCUT2D eigenvalue weighted by atomic mass is 9.91. The third-order valence-corrected chi connectivity index (χ3v) is 6.09. The fraction of sp³-hybridized carbons (Fsp3) is 0.458. The number of nitrogens with one attached hydrogen (secondary N) is 3. The Labute approximate surface area is 198 Å². The number of ether oxygens (including phenoxy) is 2. The molecule has 34 heavy (non-hydrogen) atoms. The average Bonchev–Trinajstić information content (AvgIpc) is 3.21. The number of aromatic amines is 1. The number of carbonyl (C=O) groups is 1. The quantitative estimate of drug-likeness (QED) is 0.503. The van der Waals surface area contributed by atoms with Crippen molar-refractivity contribution in [1.29, 1.82) is 0 Å². The number of pyridine rings is 1. The van der Waals surface area contributed by atoms with Crippen molar-refractivity contribution in [2.45, 2.75) is 51.5 Å². The highest BCUT2D eigenvalue weighted by molar-refractivity contribution is 5.94. The molecule has 1 aliphatic heterocycles. The maximum Gasteiger partial charge on any atom is 0.320 e. The van der Waals surface area contributed by atoms with Crippen molar-refractivity contribution >= 4 is 28.6 Å². The van der Waals surface area contributed by atoms with Crippen LogP contribution in [0.4, 0.5) is 20.8 Å². The zero-order valence-electron chi connectivity index (χ0n) is 20.1. The zero-order chi connectivity index (χ0) is 24.5. The molecule has 182 valence electrons. The number of fused-ring (bicyclic) bond motifs is 1. The number of H-pyrrole nitrogens is 1. The van der Waals surface area contributed by atoms with Crippen LogP contribution in [0.3, 0.4) is 0 Å². The molecule has 0 bridgehead atoms. The predicted octanol–water partition coefficient (Wildman–Crippen LogP) is 4.00. The Balaban J connectivity index is 1.50. The molecular weight excluding hydrogens is 439 g/mol. The number of benzene rings is 1. The number of hydrogen-bond acceptors (Lipinski definition) is 6. The minimum Gasteiger partial charge on any atom is -0.376 e. The number of aromatic nitrogens is 3. The first-order chi connectivity index (χ1) is 16.2. The van der Waals surface area contributed by atoms with Gasteiger partial charge in [0.2, 0.25) is 0 Å². The highest BCUT2D eigenvalue weighted by Crippen LogP contribution is 2.30. The van der Waals surface area contributed by atoms with Crippen LogP contribution in [0.15, 0.2) is 36.5 Å². The summed E-state index contributed by atoms with van der Waals surface area (Å²) in [6.45, 7) is 9.27. The average molecular weight is 471 g/mol. The molecule has 1 fully saturated rings. The summed E-state index contributed by atoms with van der Waals surface area (Å²) in [6, 6.07) is 6.74. The van der Waals surface area contributed by atoms with Crippen molar-refractivity contribution in [2.75, 3.05) is 30.4 Å². The van der Waals surface area contributed by atoms with E-state index in [0.29, 0.717) is 5.82 Å². The lowest BCUT2D eigenvalue weighted by Crippen LogP contribution is -2.45. The SMILES string of the molecule is COC(C)(C)C(NC(=O)Nc1cc2[nH]nc(N3CC(C)OC(C)C3)c2cn1)c1ccc(F)cc1. The minimum atomic E-state index is -0.739. The van der Waals surface area contributed by atoms with Gasteiger partial charge in [-0.05, 0) is 45.4 Å². The highest BCUT2D eigenvalue weighted by atomic mass is 19.1. The molecular formula is C24H31FN6O3. The molecule has 3 heterocycles. The Morgan fingerprint density at radius 1 is 1.26 bits per heavy atom. The minimum absolute atomic E-state index is 0.110. The molecule has 0 spiro atoms. The van der Waals surface area contributed by atoms with Crippen molar-refractivity contribution in [2.24, 2.45) is 0 Å². The molecule has 9 nitrogen and oxygen atoms in total. The molecule has 0 saturated carbocycles. The van der Waals surface area contributed by atoms with E-state index < -0.39 is 17.7 Å². The molecule has 3 unspecified atom stereocenters. The third-order valence-electron chi connectivity index (χ3n) is 6.09. The van der Waals surface area contributed by atoms with Gasteiger partial charge in [0.05, 0.1) is 34.8 Å². The summed E-state index contributed by atoms with van der Waals surface area (Å²) in [4.78, 5) is 19.4. The second-order valence-electron chi connectivity index (χ2n) is 9.22. The second-order valence-corrected chi connectivity index (χ2v) is 9.22. The van der Waals surface area contributed by atoms with E-state index in [-0.39, 0.29) is 18.0 Å². The van der Waals surface area contributed by atoms with E-state index in [4.69, 9.17) is 9.47 Å². The van der Waals surface area contributed by atoms with Gasteiger partial charge >= 0.3 is 6.03 Å². The van der Waals surface area contributed by atoms with E-state index in [0.717, 1.165) is 35.4 Å². The van der Waals surface area contributed by atoms with Gasteiger partial charge in [-0.25, -0.2) is 14.2 Å². The molecule has 10 heteroatoms. The van der Waals surface area contributed by atoms with Crippen LogP contribution in [-0.2, 0) is 9.47 Å². The van der Waals surface area contributed by atoms with Crippen LogP contribution >= 0.6 is 0 Å². The van der Waals surface area contributed by atoms with Crippen LogP contribution in [0.2, 0.25) is 0 Å². The molecule has 0 aliphatic carbocycles. The normalized spacial score (nSPS) is 19.8. The Kier molecular flexibility index (Phi) is 6.72. The fourth-order valence-corrected chi connectivity index (χ4v) is 4.27. The first-order valence-electron chi connectivity index (χ1n) is 11.3. The second kappa shape index (κ2) is 9.55. The van der Waals surface area contributed by atoms with Crippen molar-refractivity contribution < 1.29 is 18.7 Å². The Hall–Kier alpha value is -3.24. The van der Waals surface area contributed by atoms with Gasteiger partial charge in [-0.15, -0.1) is 0 Å². The third kappa shape index (κ3) is 5.13. The van der Waals surface area contributed by atoms with Gasteiger partial charge in [-0.3, -0.25) is 10.4 Å². The molecule has 3 aromatic rings. The van der Waals surface area contributed by atoms with Crippen LogP contribution in [0.5, 0.6) is 0 Å². The largest absolute Gasteiger partial charge is 0.376 e. The van der Waals surface area contributed by atoms with Crippen LogP contribution < -0.4 is 15.5 Å². The zero-order valence-corrected chi connectivity index (χ0v) is 20.1. The molecule has 4 rings (SSSR count). The molecule has 2 amide bonds. The van der Waals surface area contributed by atoms with E-state index in [1.807, 2.05) is 27.7 Å². The number of halogens is 1. The molecule has 2 aromatic heterocycles. The lowest BCUT2D eigenvalue weighted by Gasteiger charge is -2.35. The summed E-state index contributed by atoms with van der Waals surface area (Å²) in [7, 11) is 1.57. The summed E-state index contributed by atoms with van der Waals surface area (Å²) < 4.78 is 24.8. The Bertz CT molecular complexity index is 1140. The Morgan fingerprint density at radius 3 is 2.59 bits per heavy atom. The van der Waals surface area contributed by atoms with Gasteiger partial charge in [-0.2, -0.15) is 5.10 Å². The monoisotopic (exact) mass is 470 g/mol. The van der Waals surface area contributed by atoms with Crippen molar-refractivity contribution in [3.8, 4) is 0 Å². The van der Waals surface area contributed by atoms with Crippen molar-refractivity contribution in [1.82, 2.24) is 20.5 Å². The van der Waals surface area contributed by atoms with E-state index in [1.54, 1.807) is 31.5 Å². The number of morpholine rings is 1. The van der Waals surface area contributed by atoms with Gasteiger partial charge < -0.3 is 19.7 Å². The molecule has 1 aliphatic rings. The smallest absolute Gasteiger partial charge is 0.320 e. The Morgan fingerprint density at radius 2 is 1.94 bits per heavy atom. The standard InChI is InChI=1S/C24H31FN6O3/c1-14-12-31(13-15(2)34-14)22-18-11-26-20(10-19(18)29-30-22)27-23(32)28-21(24(3,4)33-5)16-6-8-17(25)9-7-16/h6-11,14-15,21H,12-13H2,1-5H3,(H,29,30)(H2,26,27,28,32). The van der Waals surface area contributed by atoms with E-state index in [2.05, 4.69) is 30.7 Å². The number of nitrogens with zero attached hydrogens (tertiary/aromatic N) is 3. The van der Waals surface area contributed by atoms with Gasteiger partial charge in [-0.1, -0.05) is 12.1 Å². The molecule has 1 saturated heterocycles. The number of urea groups is 1. The number of hydrogen-bond donors (Lipinski definition) is 3. The van der Waals surface area contributed by atoms with Crippen molar-refractivity contribution in [3.05, 3.63) is 47.9 Å². The topological polar surface area (TPSA) is 104 Å². The number of methoxy groups -OCH3 is 1. The molecule has 1 aromatic carbocycles. The first-order valence-corrected chi connectivity index (χ1v) is 11.3. The summed E-state index contributed by atoms with van der Waals surface area (Å²) in [5.41, 5.74) is 0.746. The van der Waals surface area contributed by atoms with Gasteiger partial charge in [0.1, 0.15) is 11.6 Å². The molecule has 0 radical (unpaired) electrons. The van der Waals surface area contributed by atoms with Gasteiger partial charge in [0.15, 0.2) is 5.82 Å². The number of rotatable bonds is 6. The van der Waals surface area contributed by atoms with Crippen LogP contribution in [-0.4, -0.2) is 59.2 Å². The number of anilines is 2. The van der Waals surface area contributed by atoms with Crippen LogP contribution in [0, 0.1) is 5.82 Å². The highest BCUT2D eigenvalue weighted by Gasteiger charge is 2.32. The fourth-order valence-electron chi connectivity index (χ4n) is 4.27. The van der Waals surface area contributed by atoms with Crippen molar-refractivity contribution in [3.63, 3.8) is 0 Å². The molecule has 3 N–H and O–H groups in total. The van der Waals surface area contributed by atoms with Gasteiger partial charge in [0.25, 0.3) is 0 Å². The summed E-state index contributed by atoms with van der Waals surface area (Å²) in [5.74, 6) is 0.843. The summed E-state index contributed by atoms with van der Waals surface area (Å²) in [6.07, 6.45) is 1.92. The van der Waals surface area contributed by atoms with E-state index in [9.17, 15) is 9.18 Å². The van der Waals surface area contributed by atoms with Crippen LogP contribution in [0.25, 0.3) is 10.9 Å². The van der Waals surface area contributed by atoms with E-state index in [1.165, 1.54) is 12.1 Å². The van der Waals surface area contributed by atoms with E-state index >= 15 is 0 Å². The summed E-state index contributed by atoms with van der Waals surface area (Å²) in [5, 5.41) is 14.1. The lowest BCUT2D eigenvalue weighted by molar-refractivity contribution is -0.00744.